The quantitative estimate of drug-likeness (QED) is 0.530. The number of carbonyl (C=O) groups excluding carboxylic acids is 1. The number of nitrogens with two attached hydrogens (primary N) is 1. The van der Waals surface area contributed by atoms with E-state index < -0.39 is 6.09 Å². The highest BCUT2D eigenvalue weighted by atomic mass is 16.4. The van der Waals surface area contributed by atoms with Crippen LogP contribution in [-0.2, 0) is 17.8 Å². The average Bonchev–Trinajstić information content (AvgIpc) is 2.92. The van der Waals surface area contributed by atoms with Crippen molar-refractivity contribution < 1.29 is 14.7 Å². The lowest BCUT2D eigenvalue weighted by Crippen LogP contribution is -2.49. The van der Waals surface area contributed by atoms with Crippen LogP contribution in [0.1, 0.15) is 43.2 Å². The predicted octanol–water partition coefficient (Wildman–Crippen LogP) is 2.72. The molecular weight excluding hydrogens is 482 g/mol. The number of rotatable bonds is 7. The number of amides is 1. The molecule has 0 radical (unpaired) electrons. The largest absolute Gasteiger partial charge is 0.465 e. The third kappa shape index (κ3) is 5.91. The Morgan fingerprint density at radius 3 is 2.71 bits per heavy atom. The van der Waals surface area contributed by atoms with Gasteiger partial charge in [-0.25, -0.2) is 9.78 Å². The number of aromatic nitrogens is 2. The summed E-state index contributed by atoms with van der Waals surface area (Å²) in [7, 11) is 2.14. The smallest absolute Gasteiger partial charge is 0.407 e. The Morgan fingerprint density at radius 2 is 1.95 bits per heavy atom. The molecule has 3 aliphatic rings. The molecule has 2 aromatic rings. The van der Waals surface area contributed by atoms with E-state index in [1.807, 2.05) is 0 Å². The topological polar surface area (TPSA) is 119 Å². The van der Waals surface area contributed by atoms with Crippen LogP contribution < -0.4 is 10.6 Å². The van der Waals surface area contributed by atoms with Crippen LogP contribution in [0, 0.1) is 0 Å². The van der Waals surface area contributed by atoms with E-state index in [-0.39, 0.29) is 19.0 Å². The lowest BCUT2D eigenvalue weighted by molar-refractivity contribution is -0.108. The van der Waals surface area contributed by atoms with Gasteiger partial charge < -0.3 is 30.3 Å². The van der Waals surface area contributed by atoms with E-state index in [1.165, 1.54) is 16.0 Å². The molecule has 1 aromatic heterocycles. The number of anilines is 2. The minimum Gasteiger partial charge on any atom is -0.465 e. The van der Waals surface area contributed by atoms with Gasteiger partial charge in [0.1, 0.15) is 12.1 Å². The second-order valence-corrected chi connectivity index (χ2v) is 10.9. The van der Waals surface area contributed by atoms with Gasteiger partial charge in [0.05, 0.1) is 5.69 Å². The molecule has 2 aliphatic heterocycles. The SMILES string of the molecule is CN1CCN(c2cc(-c3ccc4c(c3)CN(C3CCC[C@H](N(CCC=O)C(=O)O)C3)CC4)nc(N)n2)CC1. The number of likely N-dealkylation sites (N-methyl/N-ethyl adjacent to an activating group) is 1. The van der Waals surface area contributed by atoms with Crippen LogP contribution in [0.4, 0.5) is 16.6 Å². The summed E-state index contributed by atoms with van der Waals surface area (Å²) in [6.45, 7) is 5.92. The second-order valence-electron chi connectivity index (χ2n) is 10.9. The standard InChI is InChI=1S/C28H39N7O3/c1-32-11-13-33(14-12-32)26-18-25(30-27(29)31-26)21-7-6-20-8-10-34(19-22(20)16-21)23-4-2-5-24(17-23)35(28(37)38)9-3-15-36/h6-7,15-16,18,23-24H,2-5,8-14,17,19H2,1H3,(H,37,38)(H2,29,30,31)/t23?,24-/m0/s1. The molecule has 1 aliphatic carbocycles. The fourth-order valence-electron chi connectivity index (χ4n) is 6.23. The van der Waals surface area contributed by atoms with Gasteiger partial charge in [-0.3, -0.25) is 4.90 Å². The molecule has 3 N–H and O–H groups in total. The maximum absolute atomic E-state index is 11.9. The number of nitrogen functional groups attached to an aromatic ring is 1. The van der Waals surface area contributed by atoms with Crippen LogP contribution in [0.2, 0.25) is 0 Å². The number of hydrogen-bond acceptors (Lipinski definition) is 8. The van der Waals surface area contributed by atoms with E-state index in [9.17, 15) is 14.7 Å². The highest BCUT2D eigenvalue weighted by Crippen LogP contribution is 2.33. The van der Waals surface area contributed by atoms with Crippen LogP contribution in [0.25, 0.3) is 11.3 Å². The molecule has 204 valence electrons. The van der Waals surface area contributed by atoms with Crippen LogP contribution in [-0.4, -0.2) is 101 Å². The normalized spacial score (nSPS) is 22.6. The van der Waals surface area contributed by atoms with E-state index in [0.717, 1.165) is 94.7 Å². The molecule has 3 heterocycles. The lowest BCUT2D eigenvalue weighted by Gasteiger charge is -2.42. The fraction of sp³-hybridized carbons (Fsp3) is 0.571. The van der Waals surface area contributed by atoms with Gasteiger partial charge >= 0.3 is 6.09 Å². The maximum atomic E-state index is 11.9. The Balaban J connectivity index is 1.31. The summed E-state index contributed by atoms with van der Waals surface area (Å²) in [5.41, 5.74) is 10.7. The lowest BCUT2D eigenvalue weighted by atomic mass is 9.87. The summed E-state index contributed by atoms with van der Waals surface area (Å²) in [6, 6.07) is 8.95. The zero-order valence-corrected chi connectivity index (χ0v) is 22.3. The molecule has 1 saturated heterocycles. The molecule has 0 spiro atoms. The van der Waals surface area contributed by atoms with Crippen LogP contribution in [0.5, 0.6) is 0 Å². The Hall–Kier alpha value is -3.24. The van der Waals surface area contributed by atoms with Crippen molar-refractivity contribution in [3.63, 3.8) is 0 Å². The molecule has 1 amide bonds. The summed E-state index contributed by atoms with van der Waals surface area (Å²) in [5.74, 6) is 1.17. The second kappa shape index (κ2) is 11.7. The number of piperazine rings is 1. The molecule has 1 saturated carbocycles. The van der Waals surface area contributed by atoms with Crippen LogP contribution >= 0.6 is 0 Å². The van der Waals surface area contributed by atoms with Gasteiger partial charge in [0, 0.05) is 75.9 Å². The molecule has 2 atom stereocenters. The van der Waals surface area contributed by atoms with E-state index in [4.69, 9.17) is 5.73 Å². The van der Waals surface area contributed by atoms with Crippen molar-refractivity contribution in [1.29, 1.82) is 0 Å². The minimum absolute atomic E-state index is 0.0316. The fourth-order valence-corrected chi connectivity index (χ4v) is 6.23. The molecule has 10 heteroatoms. The van der Waals surface area contributed by atoms with E-state index >= 15 is 0 Å². The van der Waals surface area contributed by atoms with E-state index in [2.05, 4.69) is 56.0 Å². The van der Waals surface area contributed by atoms with E-state index in [0.29, 0.717) is 12.0 Å². The number of aldehydes is 1. The highest BCUT2D eigenvalue weighted by molar-refractivity contribution is 5.67. The first-order valence-electron chi connectivity index (χ1n) is 13.8. The van der Waals surface area contributed by atoms with Crippen molar-refractivity contribution in [2.24, 2.45) is 0 Å². The first-order valence-corrected chi connectivity index (χ1v) is 13.8. The first-order chi connectivity index (χ1) is 18.4. The van der Waals surface area contributed by atoms with Crippen LogP contribution in [0.15, 0.2) is 24.3 Å². The van der Waals surface area contributed by atoms with Gasteiger partial charge in [-0.15, -0.1) is 0 Å². The zero-order chi connectivity index (χ0) is 26.6. The molecule has 1 aromatic carbocycles. The van der Waals surface area contributed by atoms with Crippen molar-refractivity contribution >= 4 is 24.1 Å². The number of hydrogen-bond donors (Lipinski definition) is 2. The number of carbonyl (C=O) groups is 2. The minimum atomic E-state index is -0.925. The molecule has 5 rings (SSSR count). The number of benzene rings is 1. The summed E-state index contributed by atoms with van der Waals surface area (Å²) in [6.07, 6.45) is 4.85. The Labute approximate surface area is 224 Å². The molecule has 1 unspecified atom stereocenters. The Bertz CT molecular complexity index is 1150. The van der Waals surface area contributed by atoms with Crippen LogP contribution in [0.3, 0.4) is 0 Å². The molecule has 38 heavy (non-hydrogen) atoms. The van der Waals surface area contributed by atoms with Gasteiger partial charge in [0.25, 0.3) is 0 Å². The van der Waals surface area contributed by atoms with Gasteiger partial charge in [0.2, 0.25) is 5.95 Å². The number of nitrogens with zero attached hydrogens (tertiary/aromatic N) is 6. The molecule has 2 fully saturated rings. The highest BCUT2D eigenvalue weighted by Gasteiger charge is 2.33. The number of carboxylic acid groups (broad SMARTS) is 1. The van der Waals surface area contributed by atoms with E-state index in [1.54, 1.807) is 0 Å². The summed E-state index contributed by atoms with van der Waals surface area (Å²) in [4.78, 5) is 40.4. The summed E-state index contributed by atoms with van der Waals surface area (Å²) in [5, 5.41) is 9.72. The Kier molecular flexibility index (Phi) is 8.09. The molecular formula is C28H39N7O3. The average molecular weight is 522 g/mol. The molecule has 10 nitrogen and oxygen atoms in total. The predicted molar refractivity (Wildman–Crippen MR) is 147 cm³/mol. The zero-order valence-electron chi connectivity index (χ0n) is 22.3. The maximum Gasteiger partial charge on any atom is 0.407 e. The first kappa shape index (κ1) is 26.4. The van der Waals surface area contributed by atoms with Crippen molar-refractivity contribution in [1.82, 2.24) is 24.7 Å². The summed E-state index contributed by atoms with van der Waals surface area (Å²) >= 11 is 0. The third-order valence-electron chi connectivity index (χ3n) is 8.41. The Morgan fingerprint density at radius 1 is 1.13 bits per heavy atom. The molecule has 0 bridgehead atoms. The van der Waals surface area contributed by atoms with Crippen molar-refractivity contribution in [2.45, 2.75) is 57.2 Å². The monoisotopic (exact) mass is 521 g/mol. The van der Waals surface area contributed by atoms with Crippen molar-refractivity contribution in [3.05, 3.63) is 35.4 Å². The third-order valence-corrected chi connectivity index (χ3v) is 8.41. The van der Waals surface area contributed by atoms with Gasteiger partial charge in [-0.2, -0.15) is 4.98 Å². The number of fused-ring (bicyclic) bond motifs is 1. The van der Waals surface area contributed by atoms with Gasteiger partial charge in [0.15, 0.2) is 0 Å². The van der Waals surface area contributed by atoms with Crippen molar-refractivity contribution in [3.8, 4) is 11.3 Å². The van der Waals surface area contributed by atoms with Crippen molar-refractivity contribution in [2.75, 3.05) is 56.9 Å². The van der Waals surface area contributed by atoms with Gasteiger partial charge in [-0.1, -0.05) is 12.1 Å². The van der Waals surface area contributed by atoms with Gasteiger partial charge in [-0.05, 0) is 56.3 Å². The summed E-state index contributed by atoms with van der Waals surface area (Å²) < 4.78 is 0.